The number of piperidine rings is 3. The average molecular weight is 316 g/mol. The zero-order valence-corrected chi connectivity index (χ0v) is 13.1. The first-order valence-electron chi connectivity index (χ1n) is 8.46. The molecule has 0 aliphatic carbocycles. The minimum atomic E-state index is -0.326. The lowest BCUT2D eigenvalue weighted by Crippen LogP contribution is -2.61. The smallest absolute Gasteiger partial charge is 0.253 e. The van der Waals surface area contributed by atoms with Crippen molar-refractivity contribution in [2.24, 2.45) is 11.8 Å². The number of fused-ring (bicyclic) bond motifs is 4. The Kier molecular flexibility index (Phi) is 3.58. The molecule has 4 nitrogen and oxygen atoms in total. The van der Waals surface area contributed by atoms with Gasteiger partial charge in [-0.25, -0.2) is 4.39 Å². The fourth-order valence-electron chi connectivity index (χ4n) is 4.55. The number of hydrogen-bond acceptors (Lipinski definition) is 2. The minimum absolute atomic E-state index is 0.0183. The standard InChI is InChI=1S/C18H21FN2O2/c19-15-6-4-13(5-7-15)18(23)20-9-12-8-14(11-20)16-2-1-3-17(22)21(16)10-12/h4-7,12,14,16H,1-3,8-11H2/t12-,14-,16-/m1/s1. The van der Waals surface area contributed by atoms with E-state index in [1.54, 1.807) is 12.1 Å². The Bertz CT molecular complexity index is 630. The third kappa shape index (κ3) is 2.62. The summed E-state index contributed by atoms with van der Waals surface area (Å²) >= 11 is 0. The number of halogens is 1. The van der Waals surface area contributed by atoms with Gasteiger partial charge in [0.2, 0.25) is 5.91 Å². The predicted octanol–water partition coefficient (Wildman–Crippen LogP) is 2.30. The van der Waals surface area contributed by atoms with E-state index in [4.69, 9.17) is 0 Å². The lowest BCUT2D eigenvalue weighted by molar-refractivity contribution is -0.144. The summed E-state index contributed by atoms with van der Waals surface area (Å²) in [4.78, 5) is 28.8. The highest BCUT2D eigenvalue weighted by atomic mass is 19.1. The van der Waals surface area contributed by atoms with Gasteiger partial charge in [0.25, 0.3) is 5.91 Å². The monoisotopic (exact) mass is 316 g/mol. The fourth-order valence-corrected chi connectivity index (χ4v) is 4.55. The molecule has 0 N–H and O–H groups in total. The SMILES string of the molecule is O=C(c1ccc(F)cc1)N1C[C@H]2C[C@H](C1)[C@H]1CCCC(=O)N1C2. The minimum Gasteiger partial charge on any atom is -0.339 e. The van der Waals surface area contributed by atoms with Crippen molar-refractivity contribution in [2.75, 3.05) is 19.6 Å². The molecule has 0 saturated carbocycles. The maximum atomic E-state index is 13.0. The largest absolute Gasteiger partial charge is 0.339 e. The molecule has 5 heteroatoms. The van der Waals surface area contributed by atoms with Crippen LogP contribution in [0.3, 0.4) is 0 Å². The molecule has 3 atom stereocenters. The fraction of sp³-hybridized carbons (Fsp3) is 0.556. The van der Waals surface area contributed by atoms with Crippen LogP contribution in [0.2, 0.25) is 0 Å². The number of carbonyl (C=O) groups is 2. The zero-order chi connectivity index (χ0) is 16.0. The molecule has 2 amide bonds. The Morgan fingerprint density at radius 1 is 1.13 bits per heavy atom. The second-order valence-corrected chi connectivity index (χ2v) is 7.08. The Balaban J connectivity index is 1.52. The molecule has 122 valence electrons. The Morgan fingerprint density at radius 2 is 1.91 bits per heavy atom. The van der Waals surface area contributed by atoms with Gasteiger partial charge in [-0.2, -0.15) is 0 Å². The van der Waals surface area contributed by atoms with Gasteiger partial charge in [-0.3, -0.25) is 9.59 Å². The summed E-state index contributed by atoms with van der Waals surface area (Å²) in [6.45, 7) is 2.19. The molecule has 3 saturated heterocycles. The number of carbonyl (C=O) groups excluding carboxylic acids is 2. The number of hydrogen-bond donors (Lipinski definition) is 0. The van der Waals surface area contributed by atoms with Crippen molar-refractivity contribution in [3.63, 3.8) is 0 Å². The predicted molar refractivity (Wildman–Crippen MR) is 83.3 cm³/mol. The molecule has 3 aliphatic heterocycles. The van der Waals surface area contributed by atoms with Crippen molar-refractivity contribution in [2.45, 2.75) is 31.7 Å². The van der Waals surface area contributed by atoms with Gasteiger partial charge in [-0.05, 0) is 55.4 Å². The third-order valence-electron chi connectivity index (χ3n) is 5.56. The maximum absolute atomic E-state index is 13.0. The van der Waals surface area contributed by atoms with Crippen molar-refractivity contribution < 1.29 is 14.0 Å². The van der Waals surface area contributed by atoms with E-state index in [0.29, 0.717) is 43.0 Å². The van der Waals surface area contributed by atoms with Crippen LogP contribution in [0.5, 0.6) is 0 Å². The molecule has 0 radical (unpaired) electrons. The van der Waals surface area contributed by atoms with Crippen molar-refractivity contribution in [1.29, 1.82) is 0 Å². The Morgan fingerprint density at radius 3 is 2.70 bits per heavy atom. The summed E-state index contributed by atoms with van der Waals surface area (Å²) in [7, 11) is 0. The number of likely N-dealkylation sites (tertiary alicyclic amines) is 1. The summed E-state index contributed by atoms with van der Waals surface area (Å²) in [6.07, 6.45) is 3.81. The molecule has 2 bridgehead atoms. The summed E-state index contributed by atoms with van der Waals surface area (Å²) in [5.41, 5.74) is 0.544. The summed E-state index contributed by atoms with van der Waals surface area (Å²) in [6, 6.07) is 6.08. The van der Waals surface area contributed by atoms with Crippen molar-refractivity contribution >= 4 is 11.8 Å². The molecule has 1 aromatic carbocycles. The normalized spacial score (nSPS) is 30.1. The third-order valence-corrected chi connectivity index (χ3v) is 5.56. The second kappa shape index (κ2) is 5.62. The van der Waals surface area contributed by atoms with Crippen LogP contribution in [0, 0.1) is 17.7 Å². The number of nitrogens with zero attached hydrogens (tertiary/aromatic N) is 2. The van der Waals surface area contributed by atoms with E-state index in [1.165, 1.54) is 12.1 Å². The Labute approximate surface area is 135 Å². The van der Waals surface area contributed by atoms with Crippen molar-refractivity contribution in [3.05, 3.63) is 35.6 Å². The molecule has 0 spiro atoms. The first kappa shape index (κ1) is 14.7. The van der Waals surface area contributed by atoms with Crippen molar-refractivity contribution in [3.8, 4) is 0 Å². The summed E-state index contributed by atoms with van der Waals surface area (Å²) in [5, 5.41) is 0. The van der Waals surface area contributed by atoms with Crippen LogP contribution >= 0.6 is 0 Å². The van der Waals surface area contributed by atoms with E-state index >= 15 is 0 Å². The maximum Gasteiger partial charge on any atom is 0.253 e. The van der Waals surface area contributed by atoms with Gasteiger partial charge in [0.05, 0.1) is 0 Å². The first-order valence-corrected chi connectivity index (χ1v) is 8.46. The molecular weight excluding hydrogens is 295 g/mol. The van der Waals surface area contributed by atoms with Crippen molar-refractivity contribution in [1.82, 2.24) is 9.80 Å². The van der Waals surface area contributed by atoms with Gasteiger partial charge in [0.1, 0.15) is 5.82 Å². The molecule has 3 aliphatic rings. The quantitative estimate of drug-likeness (QED) is 0.798. The van der Waals surface area contributed by atoms with E-state index in [1.807, 2.05) is 4.90 Å². The van der Waals surface area contributed by atoms with E-state index < -0.39 is 0 Å². The molecule has 1 aromatic rings. The van der Waals surface area contributed by atoms with Crippen LogP contribution < -0.4 is 0 Å². The number of rotatable bonds is 1. The highest BCUT2D eigenvalue weighted by molar-refractivity contribution is 5.94. The molecule has 23 heavy (non-hydrogen) atoms. The van der Waals surface area contributed by atoms with E-state index in [2.05, 4.69) is 4.90 Å². The lowest BCUT2D eigenvalue weighted by atomic mass is 9.76. The van der Waals surface area contributed by atoms with Crippen LogP contribution in [-0.2, 0) is 4.79 Å². The second-order valence-electron chi connectivity index (χ2n) is 7.08. The van der Waals surface area contributed by atoms with Gasteiger partial charge >= 0.3 is 0 Å². The van der Waals surface area contributed by atoms with E-state index in [0.717, 1.165) is 25.8 Å². The van der Waals surface area contributed by atoms with E-state index in [-0.39, 0.29) is 17.6 Å². The molecule has 0 aromatic heterocycles. The summed E-state index contributed by atoms with van der Waals surface area (Å²) < 4.78 is 13.0. The first-order chi connectivity index (χ1) is 11.1. The highest BCUT2D eigenvalue weighted by Gasteiger charge is 2.44. The van der Waals surface area contributed by atoms with Gasteiger partial charge in [0, 0.05) is 37.7 Å². The lowest BCUT2D eigenvalue weighted by Gasteiger charge is -2.52. The van der Waals surface area contributed by atoms with Gasteiger partial charge < -0.3 is 9.80 Å². The zero-order valence-electron chi connectivity index (χ0n) is 13.1. The highest BCUT2D eigenvalue weighted by Crippen LogP contribution is 2.38. The van der Waals surface area contributed by atoms with Gasteiger partial charge in [0.15, 0.2) is 0 Å². The molecule has 3 heterocycles. The van der Waals surface area contributed by atoms with Crippen LogP contribution in [-0.4, -0.2) is 47.3 Å². The molecule has 3 fully saturated rings. The van der Waals surface area contributed by atoms with E-state index in [9.17, 15) is 14.0 Å². The van der Waals surface area contributed by atoms with Gasteiger partial charge in [-0.15, -0.1) is 0 Å². The molecule has 4 rings (SSSR count). The number of benzene rings is 1. The molecular formula is C18H21FN2O2. The van der Waals surface area contributed by atoms with Crippen LogP contribution in [0.15, 0.2) is 24.3 Å². The Hall–Kier alpha value is -1.91. The van der Waals surface area contributed by atoms with Crippen LogP contribution in [0.25, 0.3) is 0 Å². The topological polar surface area (TPSA) is 40.6 Å². The average Bonchev–Trinajstić information content (AvgIpc) is 2.56. The number of amides is 2. The van der Waals surface area contributed by atoms with Gasteiger partial charge in [-0.1, -0.05) is 0 Å². The summed E-state index contributed by atoms with van der Waals surface area (Å²) in [5.74, 6) is 0.700. The van der Waals surface area contributed by atoms with Crippen LogP contribution in [0.1, 0.15) is 36.0 Å². The molecule has 0 unspecified atom stereocenters. The van der Waals surface area contributed by atoms with Crippen LogP contribution in [0.4, 0.5) is 4.39 Å².